The van der Waals surface area contributed by atoms with Crippen LogP contribution in [0.1, 0.15) is 33.1 Å². The number of anilines is 1. The van der Waals surface area contributed by atoms with Gasteiger partial charge < -0.3 is 15.0 Å². The van der Waals surface area contributed by atoms with Gasteiger partial charge in [0.15, 0.2) is 11.6 Å². The van der Waals surface area contributed by atoms with Crippen molar-refractivity contribution < 1.29 is 9.13 Å². The Bertz CT molecular complexity index is 425. The van der Waals surface area contributed by atoms with Crippen molar-refractivity contribution in [2.45, 2.75) is 39.2 Å². The van der Waals surface area contributed by atoms with Crippen LogP contribution in [-0.4, -0.2) is 32.3 Å². The smallest absolute Gasteiger partial charge is 0.167 e. The predicted molar refractivity (Wildman–Crippen MR) is 81.1 cm³/mol. The standard InChI is InChI=1S/C16H25FN2O/c1-3-6-13-12-19(10-5-9-18-13)14-7-8-16(20-4-2)15(17)11-14/h7-8,11,13,18H,3-6,9-10,12H2,1-2H3. The van der Waals surface area contributed by atoms with E-state index < -0.39 is 0 Å². The Morgan fingerprint density at radius 3 is 2.95 bits per heavy atom. The number of rotatable bonds is 5. The molecular formula is C16H25FN2O. The summed E-state index contributed by atoms with van der Waals surface area (Å²) >= 11 is 0. The number of nitrogens with one attached hydrogen (secondary N) is 1. The van der Waals surface area contributed by atoms with E-state index in [-0.39, 0.29) is 5.82 Å². The van der Waals surface area contributed by atoms with Gasteiger partial charge >= 0.3 is 0 Å². The molecule has 3 nitrogen and oxygen atoms in total. The summed E-state index contributed by atoms with van der Waals surface area (Å²) in [5.74, 6) is 0.0721. The fraction of sp³-hybridized carbons (Fsp3) is 0.625. The average Bonchev–Trinajstić information content (AvgIpc) is 2.67. The van der Waals surface area contributed by atoms with Gasteiger partial charge in [-0.3, -0.25) is 0 Å². The summed E-state index contributed by atoms with van der Waals surface area (Å²) in [6.07, 6.45) is 3.42. The number of halogens is 1. The Morgan fingerprint density at radius 2 is 2.25 bits per heavy atom. The SMILES string of the molecule is CCCC1CN(c2ccc(OCC)c(F)c2)CCCN1. The van der Waals surface area contributed by atoms with Gasteiger partial charge in [-0.1, -0.05) is 13.3 Å². The molecule has 2 rings (SSSR count). The lowest BCUT2D eigenvalue weighted by atomic mass is 10.1. The molecule has 1 saturated heterocycles. The topological polar surface area (TPSA) is 24.5 Å². The average molecular weight is 280 g/mol. The molecule has 1 fully saturated rings. The van der Waals surface area contributed by atoms with E-state index in [0.717, 1.165) is 38.2 Å². The van der Waals surface area contributed by atoms with Crippen molar-refractivity contribution in [1.29, 1.82) is 0 Å². The normalized spacial score (nSPS) is 19.8. The first-order chi connectivity index (χ1) is 9.74. The molecule has 1 aliphatic rings. The first-order valence-electron chi connectivity index (χ1n) is 7.65. The van der Waals surface area contributed by atoms with Crippen molar-refractivity contribution in [1.82, 2.24) is 5.32 Å². The van der Waals surface area contributed by atoms with E-state index in [0.29, 0.717) is 18.4 Å². The molecule has 0 saturated carbocycles. The number of benzene rings is 1. The van der Waals surface area contributed by atoms with Gasteiger partial charge in [0.05, 0.1) is 6.61 Å². The summed E-state index contributed by atoms with van der Waals surface area (Å²) < 4.78 is 19.2. The second-order valence-electron chi connectivity index (χ2n) is 5.29. The molecule has 0 bridgehead atoms. The summed E-state index contributed by atoms with van der Waals surface area (Å²) in [5.41, 5.74) is 0.954. The minimum absolute atomic E-state index is 0.270. The fourth-order valence-corrected chi connectivity index (χ4v) is 2.73. The van der Waals surface area contributed by atoms with Crippen LogP contribution in [0.3, 0.4) is 0 Å². The van der Waals surface area contributed by atoms with Crippen molar-refractivity contribution >= 4 is 5.69 Å². The largest absolute Gasteiger partial charge is 0.491 e. The zero-order chi connectivity index (χ0) is 14.4. The molecule has 0 spiro atoms. The van der Waals surface area contributed by atoms with Crippen LogP contribution in [0.4, 0.5) is 10.1 Å². The van der Waals surface area contributed by atoms with Crippen molar-refractivity contribution in [2.75, 3.05) is 31.1 Å². The van der Waals surface area contributed by atoms with Crippen molar-refractivity contribution in [3.63, 3.8) is 0 Å². The van der Waals surface area contributed by atoms with E-state index in [4.69, 9.17) is 4.74 Å². The Kier molecular flexibility index (Phi) is 5.65. The Hall–Kier alpha value is -1.29. The highest BCUT2D eigenvalue weighted by Crippen LogP contribution is 2.25. The highest BCUT2D eigenvalue weighted by atomic mass is 19.1. The van der Waals surface area contributed by atoms with Gasteiger partial charge in [0.2, 0.25) is 0 Å². The summed E-state index contributed by atoms with van der Waals surface area (Å²) in [6, 6.07) is 5.79. The van der Waals surface area contributed by atoms with E-state index in [1.54, 1.807) is 12.1 Å². The first kappa shape index (κ1) is 15.1. The molecule has 4 heteroatoms. The third kappa shape index (κ3) is 3.85. The molecule has 0 aromatic heterocycles. The number of nitrogens with zero attached hydrogens (tertiary/aromatic N) is 1. The zero-order valence-corrected chi connectivity index (χ0v) is 12.5. The van der Waals surface area contributed by atoms with Gasteiger partial charge in [0.1, 0.15) is 0 Å². The Balaban J connectivity index is 2.10. The van der Waals surface area contributed by atoms with Crippen LogP contribution in [0, 0.1) is 5.82 Å². The molecule has 0 amide bonds. The molecule has 1 N–H and O–H groups in total. The maximum atomic E-state index is 14.0. The lowest BCUT2D eigenvalue weighted by Gasteiger charge is -2.26. The van der Waals surface area contributed by atoms with E-state index in [1.165, 1.54) is 6.42 Å². The van der Waals surface area contributed by atoms with Gasteiger partial charge in [-0.15, -0.1) is 0 Å². The van der Waals surface area contributed by atoms with Gasteiger partial charge in [0.25, 0.3) is 0 Å². The van der Waals surface area contributed by atoms with Gasteiger partial charge in [0, 0.05) is 30.9 Å². The van der Waals surface area contributed by atoms with E-state index >= 15 is 0 Å². The molecular weight excluding hydrogens is 255 g/mol. The van der Waals surface area contributed by atoms with E-state index in [2.05, 4.69) is 17.1 Å². The van der Waals surface area contributed by atoms with Crippen molar-refractivity contribution in [3.8, 4) is 5.75 Å². The Labute approximate surface area is 121 Å². The van der Waals surface area contributed by atoms with Crippen LogP contribution in [0.25, 0.3) is 0 Å². The van der Waals surface area contributed by atoms with Gasteiger partial charge in [-0.05, 0) is 38.4 Å². The van der Waals surface area contributed by atoms with E-state index in [9.17, 15) is 4.39 Å². The lowest BCUT2D eigenvalue weighted by Crippen LogP contribution is -2.37. The molecule has 1 heterocycles. The van der Waals surface area contributed by atoms with Crippen molar-refractivity contribution in [3.05, 3.63) is 24.0 Å². The number of hydrogen-bond acceptors (Lipinski definition) is 3. The third-order valence-corrected chi connectivity index (χ3v) is 3.70. The molecule has 0 radical (unpaired) electrons. The highest BCUT2D eigenvalue weighted by Gasteiger charge is 2.18. The van der Waals surface area contributed by atoms with Crippen LogP contribution in [0.2, 0.25) is 0 Å². The van der Waals surface area contributed by atoms with Crippen LogP contribution >= 0.6 is 0 Å². The Morgan fingerprint density at radius 1 is 1.40 bits per heavy atom. The molecule has 112 valence electrons. The minimum atomic E-state index is -0.270. The summed E-state index contributed by atoms with van der Waals surface area (Å²) in [6.45, 7) is 7.52. The molecule has 0 aliphatic carbocycles. The molecule has 1 aliphatic heterocycles. The molecule has 1 atom stereocenters. The second kappa shape index (κ2) is 7.48. The maximum absolute atomic E-state index is 14.0. The molecule has 20 heavy (non-hydrogen) atoms. The lowest BCUT2D eigenvalue weighted by molar-refractivity contribution is 0.321. The highest BCUT2D eigenvalue weighted by molar-refractivity contribution is 5.50. The summed E-state index contributed by atoms with van der Waals surface area (Å²) in [7, 11) is 0. The summed E-state index contributed by atoms with van der Waals surface area (Å²) in [5, 5.41) is 3.57. The van der Waals surface area contributed by atoms with Crippen LogP contribution < -0.4 is 15.0 Å². The third-order valence-electron chi connectivity index (χ3n) is 3.70. The maximum Gasteiger partial charge on any atom is 0.167 e. The molecule has 1 aromatic rings. The first-order valence-corrected chi connectivity index (χ1v) is 7.65. The zero-order valence-electron chi connectivity index (χ0n) is 12.5. The number of ether oxygens (including phenoxy) is 1. The second-order valence-corrected chi connectivity index (χ2v) is 5.29. The number of hydrogen-bond donors (Lipinski definition) is 1. The van der Waals surface area contributed by atoms with Crippen molar-refractivity contribution in [2.24, 2.45) is 0 Å². The molecule has 1 unspecified atom stereocenters. The van der Waals surface area contributed by atoms with Crippen LogP contribution in [-0.2, 0) is 0 Å². The minimum Gasteiger partial charge on any atom is -0.491 e. The monoisotopic (exact) mass is 280 g/mol. The van der Waals surface area contributed by atoms with E-state index in [1.807, 2.05) is 13.0 Å². The molecule has 1 aromatic carbocycles. The van der Waals surface area contributed by atoms with Gasteiger partial charge in [-0.2, -0.15) is 0 Å². The van der Waals surface area contributed by atoms with Crippen LogP contribution in [0.5, 0.6) is 5.75 Å². The summed E-state index contributed by atoms with van der Waals surface area (Å²) in [4.78, 5) is 2.28. The predicted octanol–water partition coefficient (Wildman–Crippen LogP) is 3.19. The van der Waals surface area contributed by atoms with Gasteiger partial charge in [-0.25, -0.2) is 4.39 Å². The quantitative estimate of drug-likeness (QED) is 0.896. The van der Waals surface area contributed by atoms with Crippen LogP contribution in [0.15, 0.2) is 18.2 Å². The fourth-order valence-electron chi connectivity index (χ4n) is 2.73.